The fourth-order valence-electron chi connectivity index (χ4n) is 2.36. The van der Waals surface area contributed by atoms with Gasteiger partial charge in [-0.1, -0.05) is 32.3 Å². The van der Waals surface area contributed by atoms with Crippen LogP contribution in [0.2, 0.25) is 0 Å². The molecule has 1 aromatic rings. The van der Waals surface area contributed by atoms with Crippen LogP contribution >= 0.6 is 0 Å². The van der Waals surface area contributed by atoms with Crippen LogP contribution < -0.4 is 10.6 Å². The summed E-state index contributed by atoms with van der Waals surface area (Å²) in [6.07, 6.45) is 4.63. The molecule has 0 bridgehead atoms. The number of nitrogens with zero attached hydrogens (tertiary/aromatic N) is 2. The minimum atomic E-state index is -0.237. The van der Waals surface area contributed by atoms with Gasteiger partial charge in [0.2, 0.25) is 0 Å². The summed E-state index contributed by atoms with van der Waals surface area (Å²) in [7, 11) is 0. The Labute approximate surface area is 108 Å². The van der Waals surface area contributed by atoms with E-state index in [1.54, 1.807) is 6.07 Å². The summed E-state index contributed by atoms with van der Waals surface area (Å²) in [6, 6.07) is 6.82. The minimum absolute atomic E-state index is 0.237. The van der Waals surface area contributed by atoms with Gasteiger partial charge in [-0.15, -0.1) is 0 Å². The van der Waals surface area contributed by atoms with E-state index in [-0.39, 0.29) is 11.9 Å². The highest BCUT2D eigenvalue weighted by molar-refractivity contribution is 5.97. The number of guanidine groups is 1. The van der Waals surface area contributed by atoms with Crippen LogP contribution in [0, 0.1) is 5.82 Å². The lowest BCUT2D eigenvalue weighted by Gasteiger charge is -2.26. The van der Waals surface area contributed by atoms with E-state index in [4.69, 9.17) is 5.73 Å². The third-order valence-corrected chi connectivity index (χ3v) is 3.30. The lowest BCUT2D eigenvalue weighted by atomic mass is 10.1. The molecular weight excluding hydrogens is 229 g/mol. The third kappa shape index (κ3) is 2.81. The van der Waals surface area contributed by atoms with Gasteiger partial charge in [0.05, 0.1) is 12.6 Å². The van der Waals surface area contributed by atoms with Crippen LogP contribution in [0.5, 0.6) is 0 Å². The maximum absolute atomic E-state index is 13.3. The zero-order valence-corrected chi connectivity index (χ0v) is 10.8. The molecule has 1 aromatic carbocycles. The quantitative estimate of drug-likeness (QED) is 0.815. The van der Waals surface area contributed by atoms with E-state index >= 15 is 0 Å². The molecule has 18 heavy (non-hydrogen) atoms. The molecule has 2 rings (SSSR count). The maximum Gasteiger partial charge on any atom is 0.196 e. The van der Waals surface area contributed by atoms with Gasteiger partial charge in [-0.05, 0) is 24.6 Å². The smallest absolute Gasteiger partial charge is 0.196 e. The first-order chi connectivity index (χ1) is 8.72. The Kier molecular flexibility index (Phi) is 4.18. The Morgan fingerprint density at radius 2 is 2.28 bits per heavy atom. The monoisotopic (exact) mass is 249 g/mol. The van der Waals surface area contributed by atoms with Crippen molar-refractivity contribution >= 4 is 11.6 Å². The van der Waals surface area contributed by atoms with E-state index in [1.807, 2.05) is 11.0 Å². The Balaban J connectivity index is 2.10. The molecule has 4 heteroatoms. The largest absolute Gasteiger partial charge is 0.370 e. The molecule has 1 heterocycles. The average molecular weight is 249 g/mol. The van der Waals surface area contributed by atoms with Crippen LogP contribution in [0.3, 0.4) is 0 Å². The van der Waals surface area contributed by atoms with Crippen LogP contribution in [0.1, 0.15) is 32.6 Å². The summed E-state index contributed by atoms with van der Waals surface area (Å²) in [5, 5.41) is 0. The highest BCUT2D eigenvalue weighted by Gasteiger charge is 2.26. The molecule has 1 unspecified atom stereocenters. The van der Waals surface area contributed by atoms with Crippen molar-refractivity contribution < 1.29 is 4.39 Å². The predicted molar refractivity (Wildman–Crippen MR) is 73.3 cm³/mol. The summed E-state index contributed by atoms with van der Waals surface area (Å²) in [5.41, 5.74) is 6.71. The van der Waals surface area contributed by atoms with Gasteiger partial charge in [0, 0.05) is 5.69 Å². The van der Waals surface area contributed by atoms with Crippen molar-refractivity contribution in [2.45, 2.75) is 38.6 Å². The number of hydrogen-bond acceptors (Lipinski definition) is 3. The van der Waals surface area contributed by atoms with Crippen molar-refractivity contribution in [1.29, 1.82) is 0 Å². The third-order valence-electron chi connectivity index (χ3n) is 3.30. The molecule has 0 radical (unpaired) electrons. The summed E-state index contributed by atoms with van der Waals surface area (Å²) in [6.45, 7) is 2.90. The SMILES string of the molecule is CCCCCC1CN=C(N)N1c1cccc(F)c1. The topological polar surface area (TPSA) is 41.6 Å². The number of rotatable bonds is 5. The van der Waals surface area contributed by atoms with E-state index in [1.165, 1.54) is 25.0 Å². The number of aliphatic imine (C=N–C) groups is 1. The van der Waals surface area contributed by atoms with Gasteiger partial charge in [-0.3, -0.25) is 4.99 Å². The number of benzene rings is 1. The molecule has 1 aliphatic rings. The second-order valence-corrected chi connectivity index (χ2v) is 4.70. The van der Waals surface area contributed by atoms with Gasteiger partial charge in [0.15, 0.2) is 5.96 Å². The number of anilines is 1. The standard InChI is InChI=1S/C14H20FN3/c1-2-3-4-7-13-10-17-14(16)18(13)12-8-5-6-11(15)9-12/h5-6,8-9,13H,2-4,7,10H2,1H3,(H2,16,17). The molecule has 3 nitrogen and oxygen atoms in total. The molecular formula is C14H20FN3. The lowest BCUT2D eigenvalue weighted by Crippen LogP contribution is -2.40. The van der Waals surface area contributed by atoms with E-state index < -0.39 is 0 Å². The second-order valence-electron chi connectivity index (χ2n) is 4.70. The van der Waals surface area contributed by atoms with Crippen molar-refractivity contribution in [3.8, 4) is 0 Å². The van der Waals surface area contributed by atoms with E-state index in [0.717, 1.165) is 18.5 Å². The average Bonchev–Trinajstić information content (AvgIpc) is 2.71. The molecule has 2 N–H and O–H groups in total. The minimum Gasteiger partial charge on any atom is -0.370 e. The summed E-state index contributed by atoms with van der Waals surface area (Å²) in [5.74, 6) is 0.265. The van der Waals surface area contributed by atoms with Crippen LogP contribution in [0.15, 0.2) is 29.3 Å². The first-order valence-electron chi connectivity index (χ1n) is 6.57. The summed E-state index contributed by atoms with van der Waals surface area (Å²) in [4.78, 5) is 6.24. The zero-order valence-electron chi connectivity index (χ0n) is 10.8. The van der Waals surface area contributed by atoms with Gasteiger partial charge in [-0.25, -0.2) is 4.39 Å². The van der Waals surface area contributed by atoms with Gasteiger partial charge >= 0.3 is 0 Å². The van der Waals surface area contributed by atoms with Crippen molar-refractivity contribution in [3.05, 3.63) is 30.1 Å². The first-order valence-corrected chi connectivity index (χ1v) is 6.57. The van der Waals surface area contributed by atoms with Gasteiger partial charge < -0.3 is 10.6 Å². The zero-order chi connectivity index (χ0) is 13.0. The number of halogens is 1. The fraction of sp³-hybridized carbons (Fsp3) is 0.500. The second kappa shape index (κ2) is 5.85. The molecule has 98 valence electrons. The Bertz CT molecular complexity index is 431. The van der Waals surface area contributed by atoms with Crippen LogP contribution in [-0.4, -0.2) is 18.5 Å². The maximum atomic E-state index is 13.3. The normalized spacial score (nSPS) is 19.1. The van der Waals surface area contributed by atoms with E-state index in [9.17, 15) is 4.39 Å². The van der Waals surface area contributed by atoms with Crippen molar-refractivity contribution in [1.82, 2.24) is 0 Å². The van der Waals surface area contributed by atoms with Crippen molar-refractivity contribution in [2.75, 3.05) is 11.4 Å². The van der Waals surface area contributed by atoms with Crippen molar-refractivity contribution in [2.24, 2.45) is 10.7 Å². The Hall–Kier alpha value is -1.58. The molecule has 0 aliphatic carbocycles. The van der Waals surface area contributed by atoms with Crippen LogP contribution in [-0.2, 0) is 0 Å². The first kappa shape index (κ1) is 12.9. The molecule has 0 fully saturated rings. The highest BCUT2D eigenvalue weighted by Crippen LogP contribution is 2.24. The fourth-order valence-corrected chi connectivity index (χ4v) is 2.36. The molecule has 0 amide bonds. The van der Waals surface area contributed by atoms with Crippen LogP contribution in [0.25, 0.3) is 0 Å². The molecule has 0 aromatic heterocycles. The Morgan fingerprint density at radius 3 is 3.00 bits per heavy atom. The molecule has 0 saturated carbocycles. The summed E-state index contributed by atoms with van der Waals surface area (Å²) < 4.78 is 13.3. The van der Waals surface area contributed by atoms with Gasteiger partial charge in [0.1, 0.15) is 5.82 Å². The number of hydrogen-bond donors (Lipinski definition) is 1. The highest BCUT2D eigenvalue weighted by atomic mass is 19.1. The van der Waals surface area contributed by atoms with E-state index in [2.05, 4.69) is 11.9 Å². The Morgan fingerprint density at radius 1 is 1.44 bits per heavy atom. The molecule has 1 atom stereocenters. The predicted octanol–water partition coefficient (Wildman–Crippen LogP) is 2.91. The van der Waals surface area contributed by atoms with E-state index in [0.29, 0.717) is 12.5 Å². The summed E-state index contributed by atoms with van der Waals surface area (Å²) >= 11 is 0. The molecule has 0 saturated heterocycles. The molecule has 0 spiro atoms. The van der Waals surface area contributed by atoms with Gasteiger partial charge in [0.25, 0.3) is 0 Å². The number of nitrogens with two attached hydrogens (primary N) is 1. The van der Waals surface area contributed by atoms with Gasteiger partial charge in [-0.2, -0.15) is 0 Å². The van der Waals surface area contributed by atoms with Crippen molar-refractivity contribution in [3.63, 3.8) is 0 Å². The lowest BCUT2D eigenvalue weighted by molar-refractivity contribution is 0.578. The van der Waals surface area contributed by atoms with Crippen LogP contribution in [0.4, 0.5) is 10.1 Å². The molecule has 1 aliphatic heterocycles. The number of unbranched alkanes of at least 4 members (excludes halogenated alkanes) is 2.